The van der Waals surface area contributed by atoms with Crippen LogP contribution in [0.25, 0.3) is 5.82 Å². The van der Waals surface area contributed by atoms with Gasteiger partial charge in [-0.3, -0.25) is 14.6 Å². The summed E-state index contributed by atoms with van der Waals surface area (Å²) >= 11 is 0. The first-order chi connectivity index (χ1) is 12.7. The van der Waals surface area contributed by atoms with E-state index in [4.69, 9.17) is 0 Å². The molecule has 0 radical (unpaired) electrons. The number of anilines is 1. The van der Waals surface area contributed by atoms with Crippen LogP contribution >= 0.6 is 0 Å². The lowest BCUT2D eigenvalue weighted by atomic mass is 10.3. The lowest BCUT2D eigenvalue weighted by Gasteiger charge is -2.09. The third kappa shape index (κ3) is 4.31. The quantitative estimate of drug-likeness (QED) is 0.665. The van der Waals surface area contributed by atoms with Crippen LogP contribution in [0.15, 0.2) is 58.4 Å². The molecule has 0 spiro atoms. The van der Waals surface area contributed by atoms with Gasteiger partial charge in [-0.05, 0) is 43.3 Å². The van der Waals surface area contributed by atoms with Crippen LogP contribution in [0.1, 0.15) is 5.69 Å². The highest BCUT2D eigenvalue weighted by molar-refractivity contribution is 7.92. The topological polar surface area (TPSA) is 106 Å². The van der Waals surface area contributed by atoms with Crippen LogP contribution in [0.4, 0.5) is 14.5 Å². The van der Waals surface area contributed by atoms with E-state index in [1.165, 1.54) is 29.1 Å². The van der Waals surface area contributed by atoms with Gasteiger partial charge in [0, 0.05) is 11.8 Å². The summed E-state index contributed by atoms with van der Waals surface area (Å²) in [6.45, 7) is -1.27. The van der Waals surface area contributed by atoms with Crippen LogP contribution in [-0.2, 0) is 10.0 Å². The second-order valence-corrected chi connectivity index (χ2v) is 7.16. The summed E-state index contributed by atoms with van der Waals surface area (Å²) in [5.74, 6) is 0.145. The Bertz CT molecular complexity index is 1090. The number of nitrogens with one attached hydrogen (secondary N) is 2. The average molecular weight is 396 g/mol. The third-order valence-corrected chi connectivity index (χ3v) is 4.83. The Hall–Kier alpha value is -3.21. The molecule has 0 bridgehead atoms. The van der Waals surface area contributed by atoms with Gasteiger partial charge in [0.2, 0.25) is 0 Å². The maximum atomic E-state index is 12.4. The Morgan fingerprint density at radius 1 is 1.19 bits per heavy atom. The number of ether oxygens (including phenoxy) is 1. The summed E-state index contributed by atoms with van der Waals surface area (Å²) in [6.07, 6.45) is 1.25. The second kappa shape index (κ2) is 7.19. The lowest BCUT2D eigenvalue weighted by Crippen LogP contribution is -2.16. The zero-order chi connectivity index (χ0) is 19.6. The third-order valence-electron chi connectivity index (χ3n) is 3.44. The molecule has 3 rings (SSSR count). The number of sulfonamides is 1. The van der Waals surface area contributed by atoms with E-state index >= 15 is 0 Å². The molecule has 0 aliphatic carbocycles. The van der Waals surface area contributed by atoms with Gasteiger partial charge in [-0.25, -0.2) is 18.1 Å². The number of rotatable bonds is 6. The van der Waals surface area contributed by atoms with Crippen molar-refractivity contribution in [1.29, 1.82) is 0 Å². The van der Waals surface area contributed by atoms with Gasteiger partial charge in [0.15, 0.2) is 5.82 Å². The molecule has 0 fully saturated rings. The normalized spacial score (nSPS) is 11.6. The van der Waals surface area contributed by atoms with Crippen LogP contribution in [0.2, 0.25) is 0 Å². The fourth-order valence-corrected chi connectivity index (χ4v) is 3.32. The first-order valence-electron chi connectivity index (χ1n) is 7.57. The molecule has 0 saturated heterocycles. The molecule has 8 nitrogen and oxygen atoms in total. The van der Waals surface area contributed by atoms with Gasteiger partial charge in [-0.2, -0.15) is 8.78 Å². The summed E-state index contributed by atoms with van der Waals surface area (Å²) in [4.78, 5) is 15.7. The Labute approximate surface area is 152 Å². The number of hydrogen-bond donors (Lipinski definition) is 2. The molecule has 2 N–H and O–H groups in total. The Balaban J connectivity index is 1.77. The van der Waals surface area contributed by atoms with Gasteiger partial charge in [0.25, 0.3) is 15.6 Å². The number of nitrogens with zero attached hydrogens (tertiary/aromatic N) is 2. The molecule has 142 valence electrons. The molecule has 1 aromatic carbocycles. The minimum absolute atomic E-state index is 0.135. The van der Waals surface area contributed by atoms with Crippen molar-refractivity contribution in [2.75, 3.05) is 4.72 Å². The minimum Gasteiger partial charge on any atom is -0.435 e. The van der Waals surface area contributed by atoms with Gasteiger partial charge < -0.3 is 4.74 Å². The zero-order valence-corrected chi connectivity index (χ0v) is 14.7. The van der Waals surface area contributed by atoms with Crippen molar-refractivity contribution in [2.45, 2.75) is 18.4 Å². The summed E-state index contributed by atoms with van der Waals surface area (Å²) < 4.78 is 56.7. The van der Waals surface area contributed by atoms with E-state index < -0.39 is 16.6 Å². The number of alkyl halides is 2. The van der Waals surface area contributed by atoms with Crippen molar-refractivity contribution in [1.82, 2.24) is 14.8 Å². The Kier molecular flexibility index (Phi) is 4.95. The largest absolute Gasteiger partial charge is 0.435 e. The van der Waals surface area contributed by atoms with Gasteiger partial charge >= 0.3 is 6.61 Å². The van der Waals surface area contributed by atoms with E-state index in [-0.39, 0.29) is 21.9 Å². The summed E-state index contributed by atoms with van der Waals surface area (Å²) in [7, 11) is -3.95. The van der Waals surface area contributed by atoms with Crippen LogP contribution < -0.4 is 15.0 Å². The van der Waals surface area contributed by atoms with Gasteiger partial charge in [0.05, 0.1) is 16.8 Å². The molecule has 2 aromatic heterocycles. The molecule has 0 aliphatic rings. The van der Waals surface area contributed by atoms with Crippen molar-refractivity contribution in [2.24, 2.45) is 0 Å². The minimum atomic E-state index is -3.95. The average Bonchev–Trinajstić information content (AvgIpc) is 2.93. The molecule has 0 aliphatic heterocycles. The van der Waals surface area contributed by atoms with Crippen molar-refractivity contribution in [3.8, 4) is 11.6 Å². The number of hydrogen-bond acceptors (Lipinski definition) is 5. The number of aryl methyl sites for hydroxylation is 1. The molecule has 2 heterocycles. The monoisotopic (exact) mass is 396 g/mol. The number of aromatic nitrogens is 3. The SMILES string of the molecule is Cc1cc(=O)n(-c2ccc(NS(=O)(=O)c3ccc(OC(F)F)cc3)cn2)[nH]1. The lowest BCUT2D eigenvalue weighted by molar-refractivity contribution is -0.0498. The van der Waals surface area contributed by atoms with E-state index in [1.807, 2.05) is 0 Å². The molecule has 0 amide bonds. The van der Waals surface area contributed by atoms with Gasteiger partial charge in [-0.1, -0.05) is 0 Å². The van der Waals surface area contributed by atoms with Crippen LogP contribution in [0.5, 0.6) is 5.75 Å². The van der Waals surface area contributed by atoms with Crippen molar-refractivity contribution in [3.63, 3.8) is 0 Å². The molecule has 3 aromatic rings. The molecule has 27 heavy (non-hydrogen) atoms. The number of halogens is 2. The zero-order valence-electron chi connectivity index (χ0n) is 13.9. The number of pyridine rings is 1. The highest BCUT2D eigenvalue weighted by atomic mass is 32.2. The Morgan fingerprint density at radius 2 is 1.89 bits per heavy atom. The van der Waals surface area contributed by atoms with Crippen LogP contribution in [0.3, 0.4) is 0 Å². The molecule has 0 unspecified atom stereocenters. The predicted molar refractivity (Wildman–Crippen MR) is 92.8 cm³/mol. The van der Waals surface area contributed by atoms with E-state index in [0.717, 1.165) is 24.3 Å². The molecular weight excluding hydrogens is 382 g/mol. The van der Waals surface area contributed by atoms with E-state index in [1.54, 1.807) is 6.92 Å². The van der Waals surface area contributed by atoms with Crippen molar-refractivity contribution >= 4 is 15.7 Å². The summed E-state index contributed by atoms with van der Waals surface area (Å²) in [6, 6.07) is 8.85. The molecule has 11 heteroatoms. The highest BCUT2D eigenvalue weighted by Gasteiger charge is 2.15. The number of H-pyrrole nitrogens is 1. The highest BCUT2D eigenvalue weighted by Crippen LogP contribution is 2.20. The summed E-state index contributed by atoms with van der Waals surface area (Å²) in [5, 5.41) is 2.81. The first-order valence-corrected chi connectivity index (χ1v) is 9.06. The van der Waals surface area contributed by atoms with E-state index in [9.17, 15) is 22.0 Å². The van der Waals surface area contributed by atoms with Crippen LogP contribution in [-0.4, -0.2) is 29.8 Å². The van der Waals surface area contributed by atoms with Crippen LogP contribution in [0, 0.1) is 6.92 Å². The molecular formula is C16H14F2N4O4S. The van der Waals surface area contributed by atoms with Gasteiger partial charge in [-0.15, -0.1) is 0 Å². The Morgan fingerprint density at radius 3 is 2.41 bits per heavy atom. The molecule has 0 saturated carbocycles. The van der Waals surface area contributed by atoms with Gasteiger partial charge in [0.1, 0.15) is 5.75 Å². The number of aromatic amines is 1. The molecule has 0 atom stereocenters. The first kappa shape index (κ1) is 18.6. The van der Waals surface area contributed by atoms with Crippen molar-refractivity contribution < 1.29 is 21.9 Å². The predicted octanol–water partition coefficient (Wildman–Crippen LogP) is 2.27. The van der Waals surface area contributed by atoms with E-state index in [2.05, 4.69) is 19.5 Å². The fraction of sp³-hybridized carbons (Fsp3) is 0.125. The number of benzene rings is 1. The van der Waals surface area contributed by atoms with E-state index in [0.29, 0.717) is 11.5 Å². The smallest absolute Gasteiger partial charge is 0.387 e. The second-order valence-electron chi connectivity index (χ2n) is 5.47. The summed E-state index contributed by atoms with van der Waals surface area (Å²) in [5.41, 5.74) is 0.535. The maximum Gasteiger partial charge on any atom is 0.387 e. The maximum absolute atomic E-state index is 12.4. The fourth-order valence-electron chi connectivity index (χ4n) is 2.28. The van der Waals surface area contributed by atoms with Crippen molar-refractivity contribution in [3.05, 3.63) is 64.7 Å². The standard InChI is InChI=1S/C16H14F2N4O4S/c1-10-8-15(23)22(20-10)14-7-2-11(9-19-14)21-27(24,25)13-5-3-12(4-6-13)26-16(17)18/h2-9,16,20-21H,1H3.